The lowest BCUT2D eigenvalue weighted by Crippen LogP contribution is -2.36. The van der Waals surface area contributed by atoms with Crippen LogP contribution >= 0.6 is 31.9 Å². The number of alkyl carbamates (subject to hydrolysis) is 1. The van der Waals surface area contributed by atoms with E-state index in [-0.39, 0.29) is 6.42 Å². The molecule has 0 saturated carbocycles. The molecule has 1 atom stereocenters. The van der Waals surface area contributed by atoms with Gasteiger partial charge in [0.05, 0.1) is 21.7 Å². The number of nitrogens with one attached hydrogen (secondary N) is 1. The van der Waals surface area contributed by atoms with E-state index in [9.17, 15) is 13.6 Å². The number of hydrogen-bond donors (Lipinski definition) is 1. The second-order valence-electron chi connectivity index (χ2n) is 7.68. The summed E-state index contributed by atoms with van der Waals surface area (Å²) in [4.78, 5) is 21.4. The van der Waals surface area contributed by atoms with Gasteiger partial charge in [-0.2, -0.15) is 0 Å². The van der Waals surface area contributed by atoms with Crippen molar-refractivity contribution in [3.63, 3.8) is 0 Å². The van der Waals surface area contributed by atoms with Gasteiger partial charge in [-0.15, -0.1) is 0 Å². The molecule has 0 aliphatic rings. The van der Waals surface area contributed by atoms with Crippen LogP contribution in [0.4, 0.5) is 13.6 Å². The largest absolute Gasteiger partial charge is 0.444 e. The lowest BCUT2D eigenvalue weighted by Gasteiger charge is -2.24. The van der Waals surface area contributed by atoms with Gasteiger partial charge in [-0.05, 0) is 88.9 Å². The molecule has 0 fully saturated rings. The number of nitrogens with zero attached hydrogens (tertiary/aromatic N) is 2. The van der Waals surface area contributed by atoms with Crippen LogP contribution in [-0.4, -0.2) is 21.7 Å². The number of ether oxygens (including phenoxy) is 1. The van der Waals surface area contributed by atoms with Crippen LogP contribution in [0.1, 0.15) is 38.1 Å². The van der Waals surface area contributed by atoms with Crippen LogP contribution in [0.3, 0.4) is 0 Å². The number of fused-ring (bicyclic) bond motifs is 1. The van der Waals surface area contributed by atoms with E-state index >= 15 is 0 Å². The zero-order chi connectivity index (χ0) is 22.1. The Morgan fingerprint density at radius 3 is 2.50 bits per heavy atom. The number of amides is 1. The first-order valence-electron chi connectivity index (χ1n) is 9.07. The van der Waals surface area contributed by atoms with E-state index in [1.807, 2.05) is 6.07 Å². The third-order valence-electron chi connectivity index (χ3n) is 4.06. The maximum absolute atomic E-state index is 13.7. The van der Waals surface area contributed by atoms with Gasteiger partial charge in [-0.3, -0.25) is 4.98 Å². The Hall–Kier alpha value is -2.13. The molecule has 0 aliphatic carbocycles. The molecule has 3 aromatic rings. The van der Waals surface area contributed by atoms with Crippen molar-refractivity contribution in [2.24, 2.45) is 0 Å². The minimum atomic E-state index is -0.738. The van der Waals surface area contributed by atoms with Crippen LogP contribution in [0.2, 0.25) is 0 Å². The minimum Gasteiger partial charge on any atom is -0.444 e. The van der Waals surface area contributed by atoms with Crippen LogP contribution in [0.15, 0.2) is 45.6 Å². The lowest BCUT2D eigenvalue weighted by atomic mass is 10.0. The second kappa shape index (κ2) is 8.93. The molecule has 0 aliphatic heterocycles. The van der Waals surface area contributed by atoms with Crippen LogP contribution in [-0.2, 0) is 11.2 Å². The average Bonchev–Trinajstić information content (AvgIpc) is 2.62. The predicted octanol–water partition coefficient (Wildman–Crippen LogP) is 6.24. The summed E-state index contributed by atoms with van der Waals surface area (Å²) in [6, 6.07) is 6.13. The first kappa shape index (κ1) is 22.6. The van der Waals surface area contributed by atoms with Crippen LogP contribution < -0.4 is 5.32 Å². The molecule has 1 N–H and O–H groups in total. The monoisotopic (exact) mass is 541 g/mol. The molecule has 0 spiro atoms. The fourth-order valence-corrected chi connectivity index (χ4v) is 4.14. The molecule has 158 valence electrons. The first-order valence-corrected chi connectivity index (χ1v) is 10.7. The van der Waals surface area contributed by atoms with Gasteiger partial charge in [0.1, 0.15) is 21.8 Å². The van der Waals surface area contributed by atoms with Gasteiger partial charge in [0.25, 0.3) is 0 Å². The molecule has 2 aromatic heterocycles. The highest BCUT2D eigenvalue weighted by molar-refractivity contribution is 9.11. The highest BCUT2D eigenvalue weighted by Crippen LogP contribution is 2.34. The molecule has 0 saturated heterocycles. The first-order chi connectivity index (χ1) is 14.0. The van der Waals surface area contributed by atoms with Gasteiger partial charge in [0.2, 0.25) is 0 Å². The van der Waals surface area contributed by atoms with E-state index in [2.05, 4.69) is 47.1 Å². The molecule has 9 heteroatoms. The maximum Gasteiger partial charge on any atom is 0.408 e. The van der Waals surface area contributed by atoms with E-state index in [0.29, 0.717) is 25.8 Å². The zero-order valence-corrected chi connectivity index (χ0v) is 19.6. The topological polar surface area (TPSA) is 64.1 Å². The summed E-state index contributed by atoms with van der Waals surface area (Å²) in [7, 11) is 0. The van der Waals surface area contributed by atoms with Gasteiger partial charge in [-0.25, -0.2) is 18.6 Å². The summed E-state index contributed by atoms with van der Waals surface area (Å²) in [6.45, 7) is 5.23. The van der Waals surface area contributed by atoms with E-state index < -0.39 is 29.4 Å². The predicted molar refractivity (Wildman–Crippen MR) is 117 cm³/mol. The SMILES string of the molecule is CC(C)(C)OC(=O)N[C@@H](Cc1cc(F)cc(F)c1)c1nc(Br)c2cccnc2c1Br. The van der Waals surface area contributed by atoms with Gasteiger partial charge in [0.15, 0.2) is 0 Å². The number of halogens is 4. The van der Waals surface area contributed by atoms with E-state index in [4.69, 9.17) is 4.74 Å². The van der Waals surface area contributed by atoms with Crippen molar-refractivity contribution >= 4 is 48.9 Å². The summed E-state index contributed by atoms with van der Waals surface area (Å²) in [5, 5.41) is 3.54. The highest BCUT2D eigenvalue weighted by atomic mass is 79.9. The normalized spacial score (nSPS) is 12.6. The van der Waals surface area contributed by atoms with Crippen molar-refractivity contribution < 1.29 is 18.3 Å². The third kappa shape index (κ3) is 5.51. The smallest absolute Gasteiger partial charge is 0.408 e. The summed E-state index contributed by atoms with van der Waals surface area (Å²) < 4.78 is 33.9. The Labute approximate surface area is 189 Å². The van der Waals surface area contributed by atoms with Gasteiger partial charge in [-0.1, -0.05) is 0 Å². The fourth-order valence-electron chi connectivity index (χ4n) is 2.94. The Balaban J connectivity index is 2.05. The molecule has 0 unspecified atom stereocenters. The lowest BCUT2D eigenvalue weighted by molar-refractivity contribution is 0.0502. The fraction of sp³-hybridized carbons (Fsp3) is 0.286. The Morgan fingerprint density at radius 2 is 1.87 bits per heavy atom. The summed E-state index contributed by atoms with van der Waals surface area (Å²) in [6.07, 6.45) is 1.06. The van der Waals surface area contributed by atoms with Gasteiger partial charge in [0, 0.05) is 17.6 Å². The third-order valence-corrected chi connectivity index (χ3v) is 5.45. The molecule has 2 heterocycles. The van der Waals surface area contributed by atoms with Crippen molar-refractivity contribution in [1.29, 1.82) is 0 Å². The molecule has 0 bridgehead atoms. The Bertz CT molecular complexity index is 1080. The summed E-state index contributed by atoms with van der Waals surface area (Å²) in [5.74, 6) is -1.40. The van der Waals surface area contributed by atoms with Gasteiger partial charge < -0.3 is 10.1 Å². The van der Waals surface area contributed by atoms with Crippen LogP contribution in [0.5, 0.6) is 0 Å². The van der Waals surface area contributed by atoms with E-state index in [1.54, 1.807) is 33.0 Å². The van der Waals surface area contributed by atoms with Crippen molar-refractivity contribution in [3.05, 3.63) is 68.5 Å². The molecule has 1 amide bonds. The number of aromatic nitrogens is 2. The average molecular weight is 543 g/mol. The minimum absolute atomic E-state index is 0.0876. The standard InChI is InChI=1S/C21H19Br2F2N3O2/c1-21(2,3)30-20(29)27-15(9-11-7-12(24)10-13(25)8-11)18-16(22)17-14(19(23)28-18)5-4-6-26-17/h4-8,10,15H,9H2,1-3H3,(H,27,29)/t15-/m0/s1. The molecule has 0 radical (unpaired) electrons. The quantitative estimate of drug-likeness (QED) is 0.396. The second-order valence-corrected chi connectivity index (χ2v) is 9.23. The molecule has 3 rings (SSSR count). The van der Waals surface area contributed by atoms with E-state index in [0.717, 1.165) is 11.5 Å². The van der Waals surface area contributed by atoms with Crippen molar-refractivity contribution in [2.45, 2.75) is 38.8 Å². The number of carbonyl (C=O) groups excluding carboxylic acids is 1. The Morgan fingerprint density at radius 1 is 1.20 bits per heavy atom. The van der Waals surface area contributed by atoms with Crippen LogP contribution in [0.25, 0.3) is 10.9 Å². The zero-order valence-electron chi connectivity index (χ0n) is 16.5. The van der Waals surface area contributed by atoms with Crippen molar-refractivity contribution in [2.75, 3.05) is 0 Å². The highest BCUT2D eigenvalue weighted by Gasteiger charge is 2.25. The number of benzene rings is 1. The molecule has 30 heavy (non-hydrogen) atoms. The van der Waals surface area contributed by atoms with E-state index in [1.165, 1.54) is 12.1 Å². The number of carbonyl (C=O) groups is 1. The van der Waals surface area contributed by atoms with Crippen molar-refractivity contribution in [1.82, 2.24) is 15.3 Å². The summed E-state index contributed by atoms with van der Waals surface area (Å²) in [5.41, 5.74) is 0.731. The maximum atomic E-state index is 13.7. The summed E-state index contributed by atoms with van der Waals surface area (Å²) >= 11 is 6.96. The molecule has 5 nitrogen and oxygen atoms in total. The number of rotatable bonds is 4. The van der Waals surface area contributed by atoms with Gasteiger partial charge >= 0.3 is 6.09 Å². The van der Waals surface area contributed by atoms with Crippen LogP contribution in [0, 0.1) is 11.6 Å². The molecular weight excluding hydrogens is 524 g/mol. The molecule has 1 aromatic carbocycles. The number of pyridine rings is 2. The van der Waals surface area contributed by atoms with Crippen molar-refractivity contribution in [3.8, 4) is 0 Å². The number of hydrogen-bond acceptors (Lipinski definition) is 4. The Kier molecular flexibility index (Phi) is 6.71. The molecular formula is C21H19Br2F2N3O2.